The van der Waals surface area contributed by atoms with E-state index in [0.717, 1.165) is 12.1 Å². The highest BCUT2D eigenvalue weighted by atomic mass is 32.1. The first-order valence-corrected chi connectivity index (χ1v) is 7.47. The van der Waals surface area contributed by atoms with Gasteiger partial charge in [0.05, 0.1) is 0 Å². The predicted molar refractivity (Wildman–Crippen MR) is 93.9 cm³/mol. The minimum absolute atomic E-state index is 0.215. The predicted octanol–water partition coefficient (Wildman–Crippen LogP) is 2.70. The maximum Gasteiger partial charge on any atom is 0.248 e. The van der Waals surface area contributed by atoms with Crippen LogP contribution in [0.2, 0.25) is 0 Å². The molecule has 22 heavy (non-hydrogen) atoms. The Morgan fingerprint density at radius 2 is 1.77 bits per heavy atom. The summed E-state index contributed by atoms with van der Waals surface area (Å²) in [5.41, 5.74) is 7.76. The summed E-state index contributed by atoms with van der Waals surface area (Å²) in [4.78, 5) is 11.0. The van der Waals surface area contributed by atoms with Gasteiger partial charge in [-0.05, 0) is 55.4 Å². The second-order valence-electron chi connectivity index (χ2n) is 5.13. The van der Waals surface area contributed by atoms with Gasteiger partial charge in [0.15, 0.2) is 5.11 Å². The van der Waals surface area contributed by atoms with Crippen molar-refractivity contribution in [2.24, 2.45) is 5.73 Å². The number of anilines is 1. The molecule has 0 aliphatic rings. The van der Waals surface area contributed by atoms with Crippen LogP contribution in [0.5, 0.6) is 0 Å². The van der Waals surface area contributed by atoms with Gasteiger partial charge in [-0.25, -0.2) is 0 Å². The van der Waals surface area contributed by atoms with Crippen LogP contribution in [0.3, 0.4) is 0 Å². The van der Waals surface area contributed by atoms with E-state index in [1.54, 1.807) is 24.3 Å². The second kappa shape index (κ2) is 7.56. The van der Waals surface area contributed by atoms with Crippen LogP contribution < -0.4 is 16.4 Å². The number of carbonyl (C=O) groups is 1. The zero-order valence-corrected chi connectivity index (χ0v) is 13.2. The molecule has 1 unspecified atom stereocenters. The summed E-state index contributed by atoms with van der Waals surface area (Å²) in [7, 11) is 0. The van der Waals surface area contributed by atoms with E-state index in [1.807, 2.05) is 18.2 Å². The lowest BCUT2D eigenvalue weighted by Crippen LogP contribution is -2.37. The summed E-state index contributed by atoms with van der Waals surface area (Å²) in [6.07, 6.45) is 0.892. The summed E-state index contributed by atoms with van der Waals surface area (Å²) < 4.78 is 0. The van der Waals surface area contributed by atoms with Crippen molar-refractivity contribution in [1.29, 1.82) is 0 Å². The van der Waals surface area contributed by atoms with Crippen molar-refractivity contribution in [3.63, 3.8) is 0 Å². The molecule has 5 heteroatoms. The molecule has 0 fully saturated rings. The molecule has 1 atom stereocenters. The van der Waals surface area contributed by atoms with Crippen LogP contribution in [-0.2, 0) is 6.42 Å². The largest absolute Gasteiger partial charge is 0.366 e. The average Bonchev–Trinajstić information content (AvgIpc) is 2.48. The Morgan fingerprint density at radius 1 is 1.14 bits per heavy atom. The lowest BCUT2D eigenvalue weighted by Gasteiger charge is -2.17. The third kappa shape index (κ3) is 4.86. The summed E-state index contributed by atoms with van der Waals surface area (Å²) in [5, 5.41) is 6.89. The van der Waals surface area contributed by atoms with Gasteiger partial charge in [0.25, 0.3) is 0 Å². The molecule has 0 heterocycles. The Labute approximate surface area is 135 Å². The number of carbonyl (C=O) groups excluding carboxylic acids is 1. The van der Waals surface area contributed by atoms with Gasteiger partial charge in [0.1, 0.15) is 0 Å². The van der Waals surface area contributed by atoms with E-state index >= 15 is 0 Å². The zero-order chi connectivity index (χ0) is 15.9. The molecule has 0 radical (unpaired) electrons. The topological polar surface area (TPSA) is 67.2 Å². The van der Waals surface area contributed by atoms with Crippen LogP contribution in [0, 0.1) is 0 Å². The first kappa shape index (κ1) is 16.0. The number of hydrogen-bond donors (Lipinski definition) is 3. The van der Waals surface area contributed by atoms with Crippen molar-refractivity contribution in [3.8, 4) is 0 Å². The van der Waals surface area contributed by atoms with Crippen LogP contribution in [-0.4, -0.2) is 17.1 Å². The number of nitrogens with one attached hydrogen (secondary N) is 2. The fourth-order valence-corrected chi connectivity index (χ4v) is 2.45. The van der Waals surface area contributed by atoms with Crippen molar-refractivity contribution < 1.29 is 4.79 Å². The first-order valence-electron chi connectivity index (χ1n) is 7.06. The average molecular weight is 313 g/mol. The Hall–Kier alpha value is -2.40. The van der Waals surface area contributed by atoms with Gasteiger partial charge in [0.2, 0.25) is 5.91 Å². The number of primary amides is 1. The van der Waals surface area contributed by atoms with E-state index in [2.05, 4.69) is 29.7 Å². The first-order chi connectivity index (χ1) is 10.5. The van der Waals surface area contributed by atoms with Crippen molar-refractivity contribution in [2.45, 2.75) is 19.4 Å². The van der Waals surface area contributed by atoms with Crippen molar-refractivity contribution in [1.82, 2.24) is 5.32 Å². The van der Waals surface area contributed by atoms with E-state index in [9.17, 15) is 4.79 Å². The molecule has 2 aromatic carbocycles. The summed E-state index contributed by atoms with van der Waals surface area (Å²) >= 11 is 5.30. The molecule has 0 spiro atoms. The van der Waals surface area contributed by atoms with Crippen molar-refractivity contribution in [2.75, 3.05) is 5.32 Å². The molecule has 114 valence electrons. The maximum absolute atomic E-state index is 11.0. The van der Waals surface area contributed by atoms with E-state index in [0.29, 0.717) is 10.7 Å². The molecule has 4 N–H and O–H groups in total. The van der Waals surface area contributed by atoms with Crippen molar-refractivity contribution >= 4 is 28.9 Å². The molecular weight excluding hydrogens is 294 g/mol. The Kier molecular flexibility index (Phi) is 5.49. The molecule has 0 bridgehead atoms. The van der Waals surface area contributed by atoms with Crippen molar-refractivity contribution in [3.05, 3.63) is 65.7 Å². The van der Waals surface area contributed by atoms with Crippen LogP contribution in [0.4, 0.5) is 5.69 Å². The van der Waals surface area contributed by atoms with Gasteiger partial charge in [-0.3, -0.25) is 4.79 Å². The smallest absolute Gasteiger partial charge is 0.248 e. The highest BCUT2D eigenvalue weighted by Gasteiger charge is 2.06. The Morgan fingerprint density at radius 3 is 2.36 bits per heavy atom. The third-order valence-corrected chi connectivity index (χ3v) is 3.41. The van der Waals surface area contributed by atoms with Gasteiger partial charge >= 0.3 is 0 Å². The molecule has 4 nitrogen and oxygen atoms in total. The number of hydrogen-bond acceptors (Lipinski definition) is 2. The fourth-order valence-electron chi connectivity index (χ4n) is 2.13. The van der Waals surface area contributed by atoms with Gasteiger partial charge in [-0.2, -0.15) is 0 Å². The molecule has 0 saturated carbocycles. The number of amides is 1. The molecule has 0 aromatic heterocycles. The summed E-state index contributed by atoms with van der Waals surface area (Å²) in [5.74, 6) is -0.441. The third-order valence-electron chi connectivity index (χ3n) is 3.19. The van der Waals surface area contributed by atoms with Crippen LogP contribution >= 0.6 is 12.2 Å². The van der Waals surface area contributed by atoms with E-state index in [4.69, 9.17) is 18.0 Å². The Bertz CT molecular complexity index is 641. The quantitative estimate of drug-likeness (QED) is 0.743. The summed E-state index contributed by atoms with van der Waals surface area (Å²) in [6, 6.07) is 17.3. The number of thiocarbonyl (C=S) groups is 1. The summed E-state index contributed by atoms with van der Waals surface area (Å²) in [6.45, 7) is 2.08. The van der Waals surface area contributed by atoms with Crippen LogP contribution in [0.1, 0.15) is 22.8 Å². The van der Waals surface area contributed by atoms with E-state index < -0.39 is 5.91 Å². The van der Waals surface area contributed by atoms with Gasteiger partial charge in [-0.15, -0.1) is 0 Å². The molecule has 0 saturated heterocycles. The fraction of sp³-hybridized carbons (Fsp3) is 0.176. The van der Waals surface area contributed by atoms with Gasteiger partial charge in [-0.1, -0.05) is 30.3 Å². The van der Waals surface area contributed by atoms with Crippen LogP contribution in [0.15, 0.2) is 54.6 Å². The number of nitrogens with two attached hydrogens (primary N) is 1. The maximum atomic E-state index is 11.0. The van der Waals surface area contributed by atoms with Gasteiger partial charge < -0.3 is 16.4 Å². The normalized spacial score (nSPS) is 11.5. The minimum Gasteiger partial charge on any atom is -0.366 e. The monoisotopic (exact) mass is 313 g/mol. The molecule has 2 rings (SSSR count). The highest BCUT2D eigenvalue weighted by molar-refractivity contribution is 7.80. The molecule has 2 aromatic rings. The molecular formula is C17H19N3OS. The number of benzene rings is 2. The Balaban J connectivity index is 1.85. The second-order valence-corrected chi connectivity index (χ2v) is 5.54. The molecule has 0 aliphatic carbocycles. The highest BCUT2D eigenvalue weighted by Crippen LogP contribution is 2.09. The SMILES string of the molecule is CC(Cc1ccccc1)NC(=S)Nc1ccc(C(N)=O)cc1. The van der Waals surface area contributed by atoms with E-state index in [1.165, 1.54) is 5.56 Å². The van der Waals surface area contributed by atoms with E-state index in [-0.39, 0.29) is 6.04 Å². The van der Waals surface area contributed by atoms with Gasteiger partial charge in [0, 0.05) is 17.3 Å². The number of rotatable bonds is 5. The van der Waals surface area contributed by atoms with Crippen LogP contribution in [0.25, 0.3) is 0 Å². The molecule has 1 amide bonds. The lowest BCUT2D eigenvalue weighted by molar-refractivity contribution is 0.100. The molecule has 0 aliphatic heterocycles. The standard InChI is InChI=1S/C17H19N3OS/c1-12(11-13-5-3-2-4-6-13)19-17(22)20-15-9-7-14(8-10-15)16(18)21/h2-10,12H,11H2,1H3,(H2,18,21)(H2,19,20,22). The zero-order valence-electron chi connectivity index (χ0n) is 12.4. The minimum atomic E-state index is -0.441. The lowest BCUT2D eigenvalue weighted by atomic mass is 10.1.